The minimum Gasteiger partial charge on any atom is -0.342 e. The molecule has 0 saturated carbocycles. The topological polar surface area (TPSA) is 51.0 Å². The van der Waals surface area contributed by atoms with E-state index in [9.17, 15) is 4.79 Å². The highest BCUT2D eigenvalue weighted by molar-refractivity contribution is 9.10. The number of pyridine rings is 1. The van der Waals surface area contributed by atoms with E-state index in [0.717, 1.165) is 29.7 Å². The molecule has 3 heterocycles. The van der Waals surface area contributed by atoms with Gasteiger partial charge in [0.25, 0.3) is 0 Å². The highest BCUT2D eigenvalue weighted by Gasteiger charge is 2.30. The number of rotatable bonds is 4. The summed E-state index contributed by atoms with van der Waals surface area (Å²) >= 11 is 3.38. The van der Waals surface area contributed by atoms with Crippen LogP contribution in [0.25, 0.3) is 0 Å². The fourth-order valence-corrected chi connectivity index (χ4v) is 2.71. The molecule has 1 aliphatic heterocycles. The van der Waals surface area contributed by atoms with E-state index in [1.807, 2.05) is 27.9 Å². The summed E-state index contributed by atoms with van der Waals surface area (Å²) in [7, 11) is 0. The molecular weight excluding hydrogens is 320 g/mol. The summed E-state index contributed by atoms with van der Waals surface area (Å²) in [4.78, 5) is 18.0. The summed E-state index contributed by atoms with van der Waals surface area (Å²) in [5.74, 6) is 0.676. The van der Waals surface area contributed by atoms with Crippen LogP contribution < -0.4 is 0 Å². The molecule has 1 aliphatic rings. The van der Waals surface area contributed by atoms with E-state index >= 15 is 0 Å². The van der Waals surface area contributed by atoms with E-state index in [2.05, 4.69) is 26.0 Å². The highest BCUT2D eigenvalue weighted by Crippen LogP contribution is 2.19. The van der Waals surface area contributed by atoms with Crippen LogP contribution in [0.1, 0.15) is 5.56 Å². The van der Waals surface area contributed by atoms with Crippen molar-refractivity contribution in [1.29, 1.82) is 0 Å². The van der Waals surface area contributed by atoms with Gasteiger partial charge in [0.15, 0.2) is 0 Å². The van der Waals surface area contributed by atoms with Gasteiger partial charge < -0.3 is 4.90 Å². The first-order chi connectivity index (χ1) is 9.70. The second-order valence-corrected chi connectivity index (χ2v) is 6.00. The number of amides is 1. The van der Waals surface area contributed by atoms with Crippen molar-refractivity contribution < 1.29 is 4.79 Å². The molecule has 0 atom stereocenters. The van der Waals surface area contributed by atoms with Crippen LogP contribution in [0.2, 0.25) is 0 Å². The van der Waals surface area contributed by atoms with Gasteiger partial charge in [0, 0.05) is 44.1 Å². The van der Waals surface area contributed by atoms with Gasteiger partial charge in [-0.15, -0.1) is 0 Å². The minimum absolute atomic E-state index is 0.177. The van der Waals surface area contributed by atoms with E-state index in [4.69, 9.17) is 0 Å². The summed E-state index contributed by atoms with van der Waals surface area (Å²) in [6.07, 6.45) is 7.64. The maximum atomic E-state index is 12.1. The first-order valence-corrected chi connectivity index (χ1v) is 7.34. The molecule has 2 aromatic rings. The van der Waals surface area contributed by atoms with Crippen molar-refractivity contribution in [2.24, 2.45) is 5.92 Å². The molecular formula is C14H15BrN4O. The molecule has 0 unspecified atom stereocenters. The van der Waals surface area contributed by atoms with Crippen LogP contribution in [-0.4, -0.2) is 38.7 Å². The predicted octanol–water partition coefficient (Wildman–Crippen LogP) is 1.74. The van der Waals surface area contributed by atoms with Crippen LogP contribution in [0.4, 0.5) is 0 Å². The Morgan fingerprint density at radius 3 is 2.90 bits per heavy atom. The molecule has 0 aliphatic carbocycles. The van der Waals surface area contributed by atoms with Crippen LogP contribution in [0.15, 0.2) is 41.4 Å². The third kappa shape index (κ3) is 3.07. The van der Waals surface area contributed by atoms with Gasteiger partial charge in [0.2, 0.25) is 5.91 Å². The molecule has 5 nitrogen and oxygen atoms in total. The number of carbonyl (C=O) groups is 1. The number of halogens is 1. The lowest BCUT2D eigenvalue weighted by molar-refractivity contribution is -0.137. The molecule has 0 spiro atoms. The van der Waals surface area contributed by atoms with Gasteiger partial charge in [-0.2, -0.15) is 5.10 Å². The average molecular weight is 335 g/mol. The van der Waals surface area contributed by atoms with Crippen molar-refractivity contribution in [1.82, 2.24) is 19.7 Å². The molecule has 3 rings (SSSR count). The lowest BCUT2D eigenvalue weighted by atomic mass is 9.99. The maximum absolute atomic E-state index is 12.1. The van der Waals surface area contributed by atoms with Crippen molar-refractivity contribution >= 4 is 21.8 Å². The molecule has 1 fully saturated rings. The molecule has 104 valence electrons. The van der Waals surface area contributed by atoms with Gasteiger partial charge >= 0.3 is 0 Å². The van der Waals surface area contributed by atoms with Gasteiger partial charge in [-0.05, 0) is 27.6 Å². The Morgan fingerprint density at radius 1 is 1.40 bits per heavy atom. The smallest absolute Gasteiger partial charge is 0.227 e. The number of aromatic nitrogens is 3. The first-order valence-electron chi connectivity index (χ1n) is 6.55. The van der Waals surface area contributed by atoms with Gasteiger partial charge in [0.1, 0.15) is 0 Å². The zero-order chi connectivity index (χ0) is 13.9. The summed E-state index contributed by atoms with van der Waals surface area (Å²) in [6, 6.07) is 3.79. The van der Waals surface area contributed by atoms with Crippen LogP contribution in [0.3, 0.4) is 0 Å². The minimum atomic E-state index is 0.177. The Bertz CT molecular complexity index is 592. The van der Waals surface area contributed by atoms with E-state index in [-0.39, 0.29) is 5.91 Å². The highest BCUT2D eigenvalue weighted by atomic mass is 79.9. The van der Waals surface area contributed by atoms with Gasteiger partial charge in [-0.1, -0.05) is 6.07 Å². The Labute approximate surface area is 125 Å². The molecule has 0 aromatic carbocycles. The Morgan fingerprint density at radius 2 is 2.25 bits per heavy atom. The first kappa shape index (κ1) is 13.3. The van der Waals surface area contributed by atoms with Crippen LogP contribution >= 0.6 is 15.9 Å². The monoisotopic (exact) mass is 334 g/mol. The van der Waals surface area contributed by atoms with Crippen LogP contribution in [0, 0.1) is 5.92 Å². The summed E-state index contributed by atoms with van der Waals surface area (Å²) in [6.45, 7) is 2.50. The summed E-state index contributed by atoms with van der Waals surface area (Å²) < 4.78 is 2.90. The van der Waals surface area contributed by atoms with Crippen molar-refractivity contribution in [3.05, 3.63) is 47.0 Å². The van der Waals surface area contributed by atoms with Crippen LogP contribution in [0.5, 0.6) is 0 Å². The van der Waals surface area contributed by atoms with Crippen molar-refractivity contribution in [2.75, 3.05) is 13.1 Å². The van der Waals surface area contributed by atoms with Crippen molar-refractivity contribution in [3.63, 3.8) is 0 Å². The SMILES string of the molecule is O=C(Cc1cccnc1)N1CC(Cn2cc(Br)cn2)C1. The molecule has 1 amide bonds. The second kappa shape index (κ2) is 5.75. The third-order valence-corrected chi connectivity index (χ3v) is 3.84. The number of hydrogen-bond donors (Lipinski definition) is 0. The molecule has 20 heavy (non-hydrogen) atoms. The Balaban J connectivity index is 1.47. The van der Waals surface area contributed by atoms with E-state index in [0.29, 0.717) is 12.3 Å². The lowest BCUT2D eigenvalue weighted by Gasteiger charge is -2.39. The summed E-state index contributed by atoms with van der Waals surface area (Å²) in [5, 5.41) is 4.23. The van der Waals surface area contributed by atoms with Gasteiger partial charge in [-0.25, -0.2) is 0 Å². The molecule has 0 bridgehead atoms. The summed E-state index contributed by atoms with van der Waals surface area (Å²) in [5.41, 5.74) is 0.969. The number of nitrogens with zero attached hydrogens (tertiary/aromatic N) is 4. The fraction of sp³-hybridized carbons (Fsp3) is 0.357. The Hall–Kier alpha value is -1.69. The second-order valence-electron chi connectivity index (χ2n) is 5.08. The molecule has 0 radical (unpaired) electrons. The van der Waals surface area contributed by atoms with E-state index < -0.39 is 0 Å². The number of likely N-dealkylation sites (tertiary alicyclic amines) is 1. The number of carbonyl (C=O) groups excluding carboxylic acids is 1. The maximum Gasteiger partial charge on any atom is 0.227 e. The normalized spacial score (nSPS) is 15.2. The third-order valence-electron chi connectivity index (χ3n) is 3.44. The zero-order valence-electron chi connectivity index (χ0n) is 10.9. The van der Waals surface area contributed by atoms with Gasteiger partial charge in [-0.3, -0.25) is 14.5 Å². The van der Waals surface area contributed by atoms with Gasteiger partial charge in [0.05, 0.1) is 17.1 Å². The van der Waals surface area contributed by atoms with Crippen molar-refractivity contribution in [2.45, 2.75) is 13.0 Å². The van der Waals surface area contributed by atoms with E-state index in [1.54, 1.807) is 18.6 Å². The average Bonchev–Trinajstić information content (AvgIpc) is 2.80. The number of hydrogen-bond acceptors (Lipinski definition) is 3. The molecule has 2 aromatic heterocycles. The standard InChI is InChI=1S/C14H15BrN4O/c15-13-6-17-19(10-13)9-12-7-18(8-12)14(20)4-11-2-1-3-16-5-11/h1-3,5-6,10,12H,4,7-9H2. The Kier molecular flexibility index (Phi) is 3.82. The molecule has 6 heteroatoms. The van der Waals surface area contributed by atoms with E-state index in [1.165, 1.54) is 0 Å². The predicted molar refractivity (Wildman–Crippen MR) is 77.9 cm³/mol. The van der Waals surface area contributed by atoms with Crippen molar-refractivity contribution in [3.8, 4) is 0 Å². The van der Waals surface area contributed by atoms with Crippen LogP contribution in [-0.2, 0) is 17.8 Å². The molecule has 0 N–H and O–H groups in total. The lowest BCUT2D eigenvalue weighted by Crippen LogP contribution is -2.51. The fourth-order valence-electron chi connectivity index (χ4n) is 2.38. The largest absolute Gasteiger partial charge is 0.342 e. The zero-order valence-corrected chi connectivity index (χ0v) is 12.5. The quantitative estimate of drug-likeness (QED) is 0.855. The molecule has 1 saturated heterocycles.